The van der Waals surface area contributed by atoms with Crippen molar-refractivity contribution in [3.05, 3.63) is 35.9 Å². The summed E-state index contributed by atoms with van der Waals surface area (Å²) in [6.07, 6.45) is 4.89. The minimum absolute atomic E-state index is 0.116. The fourth-order valence-corrected chi connectivity index (χ4v) is 4.68. The molecule has 0 unspecified atom stereocenters. The lowest BCUT2D eigenvalue weighted by Crippen LogP contribution is -2.32. The molecule has 1 atom stereocenters. The first-order valence-electron chi connectivity index (χ1n) is 7.91. The number of carbonyl (C=O) groups is 2. The number of carbonyl (C=O) groups excluding carboxylic acids is 2. The van der Waals surface area contributed by atoms with Crippen LogP contribution in [0.2, 0.25) is 0 Å². The van der Waals surface area contributed by atoms with Gasteiger partial charge in [-0.05, 0) is 18.4 Å². The van der Waals surface area contributed by atoms with Gasteiger partial charge in [0.1, 0.15) is 6.61 Å². The summed E-state index contributed by atoms with van der Waals surface area (Å²) in [6, 6.07) is 10.1. The Balaban J connectivity index is 1.70. The third-order valence-corrected chi connectivity index (χ3v) is 5.88. The number of hydrogen-bond acceptors (Lipinski definition) is 4. The number of ether oxygens (including phenoxy) is 1. The second kappa shape index (κ2) is 7.18. The van der Waals surface area contributed by atoms with Gasteiger partial charge >= 0.3 is 6.09 Å². The summed E-state index contributed by atoms with van der Waals surface area (Å²) in [6.45, 7) is 0.698. The fraction of sp³-hybridized carbons (Fsp3) is 0.529. The van der Waals surface area contributed by atoms with Crippen LogP contribution >= 0.6 is 11.8 Å². The monoisotopic (exact) mass is 319 g/mol. The van der Waals surface area contributed by atoms with Crippen molar-refractivity contribution in [3.63, 3.8) is 0 Å². The molecule has 2 amide bonds. The molecule has 5 heteroatoms. The van der Waals surface area contributed by atoms with E-state index in [-0.39, 0.29) is 11.2 Å². The van der Waals surface area contributed by atoms with Crippen molar-refractivity contribution in [2.75, 3.05) is 13.2 Å². The quantitative estimate of drug-likeness (QED) is 0.829. The van der Waals surface area contributed by atoms with Crippen molar-refractivity contribution in [1.82, 2.24) is 4.90 Å². The molecule has 1 heterocycles. The molecule has 0 bridgehead atoms. The third kappa shape index (κ3) is 3.64. The lowest BCUT2D eigenvalue weighted by Gasteiger charge is -2.22. The van der Waals surface area contributed by atoms with E-state index in [1.54, 1.807) is 0 Å². The molecule has 2 fully saturated rings. The third-order valence-electron chi connectivity index (χ3n) is 4.25. The molecule has 2 aliphatic rings. The average Bonchev–Trinajstić information content (AvgIpc) is 3.19. The maximum Gasteiger partial charge on any atom is 0.416 e. The predicted octanol–water partition coefficient (Wildman–Crippen LogP) is 3.77. The van der Waals surface area contributed by atoms with Crippen molar-refractivity contribution >= 4 is 23.8 Å². The molecule has 3 rings (SSSR count). The number of imide groups is 1. The molecule has 0 N–H and O–H groups in total. The Hall–Kier alpha value is -1.49. The topological polar surface area (TPSA) is 46.6 Å². The first-order chi connectivity index (χ1) is 10.7. The highest BCUT2D eigenvalue weighted by molar-refractivity contribution is 8.00. The van der Waals surface area contributed by atoms with Crippen LogP contribution in [-0.4, -0.2) is 35.3 Å². The molecule has 1 aromatic carbocycles. The van der Waals surface area contributed by atoms with Crippen LogP contribution in [0.1, 0.15) is 42.9 Å². The van der Waals surface area contributed by atoms with E-state index in [0.29, 0.717) is 24.8 Å². The highest BCUT2D eigenvalue weighted by Gasteiger charge is 2.31. The first-order valence-corrected chi connectivity index (χ1v) is 8.86. The van der Waals surface area contributed by atoms with Crippen molar-refractivity contribution in [2.24, 2.45) is 0 Å². The number of rotatable bonds is 5. The second-order valence-corrected chi connectivity index (χ2v) is 7.31. The summed E-state index contributed by atoms with van der Waals surface area (Å²) in [4.78, 5) is 25.2. The van der Waals surface area contributed by atoms with Gasteiger partial charge in [0.25, 0.3) is 0 Å². The Kier molecular flexibility index (Phi) is 5.03. The molecule has 1 aliphatic carbocycles. The van der Waals surface area contributed by atoms with Gasteiger partial charge in [-0.3, -0.25) is 4.79 Å². The minimum Gasteiger partial charge on any atom is -0.447 e. The zero-order valence-electron chi connectivity index (χ0n) is 12.6. The molecule has 1 aliphatic heterocycles. The van der Waals surface area contributed by atoms with E-state index in [1.165, 1.54) is 36.1 Å². The number of hydrogen-bond donors (Lipinski definition) is 0. The molecule has 0 aromatic heterocycles. The van der Waals surface area contributed by atoms with E-state index in [2.05, 4.69) is 12.1 Å². The standard InChI is InChI=1S/C17H21NO3S/c19-16(18-10-11-21-17(18)20)12-15(13-6-2-1-3-7-13)22-14-8-4-5-9-14/h1-3,6-7,14-15H,4-5,8-12H2/t15-/m1/s1. The number of benzene rings is 1. The summed E-state index contributed by atoms with van der Waals surface area (Å²) < 4.78 is 4.87. The average molecular weight is 319 g/mol. The molecule has 22 heavy (non-hydrogen) atoms. The number of thioether (sulfide) groups is 1. The molecule has 4 nitrogen and oxygen atoms in total. The molecular formula is C17H21NO3S. The van der Waals surface area contributed by atoms with Gasteiger partial charge in [-0.15, -0.1) is 11.8 Å². The van der Waals surface area contributed by atoms with Gasteiger partial charge in [-0.2, -0.15) is 0 Å². The van der Waals surface area contributed by atoms with Gasteiger partial charge in [0.2, 0.25) is 5.91 Å². The van der Waals surface area contributed by atoms with Gasteiger partial charge in [0, 0.05) is 16.9 Å². The molecule has 0 spiro atoms. The van der Waals surface area contributed by atoms with Gasteiger partial charge in [0.15, 0.2) is 0 Å². The number of cyclic esters (lactones) is 1. The lowest BCUT2D eigenvalue weighted by atomic mass is 10.1. The van der Waals surface area contributed by atoms with Crippen LogP contribution < -0.4 is 0 Å². The molecule has 1 aromatic rings. The Morgan fingerprint density at radius 2 is 2.00 bits per heavy atom. The van der Waals surface area contributed by atoms with Gasteiger partial charge in [0.05, 0.1) is 6.54 Å². The summed E-state index contributed by atoms with van der Waals surface area (Å²) in [5.41, 5.74) is 1.17. The largest absolute Gasteiger partial charge is 0.447 e. The van der Waals surface area contributed by atoms with Crippen LogP contribution in [0.15, 0.2) is 30.3 Å². The van der Waals surface area contributed by atoms with Gasteiger partial charge in [-0.25, -0.2) is 9.69 Å². The van der Waals surface area contributed by atoms with Crippen LogP contribution in [0.3, 0.4) is 0 Å². The maximum atomic E-state index is 12.4. The molecule has 1 saturated heterocycles. The Bertz CT molecular complexity index is 528. The smallest absolute Gasteiger partial charge is 0.416 e. The van der Waals surface area contributed by atoms with Gasteiger partial charge < -0.3 is 4.74 Å². The maximum absolute atomic E-state index is 12.4. The van der Waals surface area contributed by atoms with E-state index in [0.717, 1.165) is 0 Å². The van der Waals surface area contributed by atoms with E-state index in [1.807, 2.05) is 30.0 Å². The molecule has 1 saturated carbocycles. The normalized spacial score (nSPS) is 20.2. The number of amides is 2. The summed E-state index contributed by atoms with van der Waals surface area (Å²) in [5.74, 6) is -0.123. The van der Waals surface area contributed by atoms with Crippen LogP contribution in [0.4, 0.5) is 4.79 Å². The lowest BCUT2D eigenvalue weighted by molar-refractivity contribution is -0.127. The SMILES string of the molecule is O=C(C[C@@H](SC1CCCC1)c1ccccc1)N1CCOC1=O. The highest BCUT2D eigenvalue weighted by atomic mass is 32.2. The minimum atomic E-state index is -0.498. The first kappa shape index (κ1) is 15.4. The Morgan fingerprint density at radius 1 is 1.27 bits per heavy atom. The van der Waals surface area contributed by atoms with Crippen molar-refractivity contribution < 1.29 is 14.3 Å². The Labute approximate surface area is 135 Å². The van der Waals surface area contributed by atoms with E-state index in [4.69, 9.17) is 4.74 Å². The summed E-state index contributed by atoms with van der Waals surface area (Å²) in [7, 11) is 0. The number of nitrogens with zero attached hydrogens (tertiary/aromatic N) is 1. The highest BCUT2D eigenvalue weighted by Crippen LogP contribution is 2.41. The molecular weight excluding hydrogens is 298 g/mol. The van der Waals surface area contributed by atoms with Crippen LogP contribution in [0, 0.1) is 0 Å². The van der Waals surface area contributed by atoms with Crippen LogP contribution in [0.25, 0.3) is 0 Å². The predicted molar refractivity (Wildman–Crippen MR) is 86.7 cm³/mol. The molecule has 118 valence electrons. The van der Waals surface area contributed by atoms with E-state index in [9.17, 15) is 9.59 Å². The Morgan fingerprint density at radius 3 is 2.64 bits per heavy atom. The van der Waals surface area contributed by atoms with Crippen molar-refractivity contribution in [1.29, 1.82) is 0 Å². The zero-order valence-corrected chi connectivity index (χ0v) is 13.4. The van der Waals surface area contributed by atoms with Crippen LogP contribution in [-0.2, 0) is 9.53 Å². The summed E-state index contributed by atoms with van der Waals surface area (Å²) in [5, 5.41) is 0.744. The fourth-order valence-electron chi connectivity index (χ4n) is 3.06. The second-order valence-electron chi connectivity index (χ2n) is 5.81. The van der Waals surface area contributed by atoms with E-state index < -0.39 is 6.09 Å². The van der Waals surface area contributed by atoms with Crippen molar-refractivity contribution in [3.8, 4) is 0 Å². The zero-order chi connectivity index (χ0) is 15.4. The van der Waals surface area contributed by atoms with Gasteiger partial charge in [-0.1, -0.05) is 43.2 Å². The molecule has 0 radical (unpaired) electrons. The van der Waals surface area contributed by atoms with E-state index >= 15 is 0 Å². The summed E-state index contributed by atoms with van der Waals surface area (Å²) >= 11 is 1.89. The van der Waals surface area contributed by atoms with Crippen molar-refractivity contribution in [2.45, 2.75) is 42.6 Å². The van der Waals surface area contributed by atoms with Crippen LogP contribution in [0.5, 0.6) is 0 Å².